The molecule has 0 radical (unpaired) electrons. The maximum atomic E-state index is 12.3. The highest BCUT2D eigenvalue weighted by atomic mass is 16.5. The molecule has 196 valence electrons. The molecule has 5 heterocycles. The average Bonchev–Trinajstić information content (AvgIpc) is 3.63. The maximum absolute atomic E-state index is 12.3. The Hall–Kier alpha value is -4.79. The second-order valence-electron chi connectivity index (χ2n) is 9.68. The number of rotatable bonds is 8. The van der Waals surface area contributed by atoms with E-state index < -0.39 is 0 Å². The van der Waals surface area contributed by atoms with E-state index >= 15 is 0 Å². The summed E-state index contributed by atoms with van der Waals surface area (Å²) in [6.45, 7) is 6.07. The highest BCUT2D eigenvalue weighted by Gasteiger charge is 2.26. The van der Waals surface area contributed by atoms with Crippen LogP contribution < -0.4 is 5.32 Å². The van der Waals surface area contributed by atoms with Crippen molar-refractivity contribution in [2.75, 3.05) is 25.5 Å². The highest BCUT2D eigenvalue weighted by molar-refractivity contribution is 5.97. The molecule has 11 heteroatoms. The van der Waals surface area contributed by atoms with Crippen LogP contribution in [0.15, 0.2) is 54.9 Å². The zero-order valence-corrected chi connectivity index (χ0v) is 21.8. The van der Waals surface area contributed by atoms with E-state index in [-0.39, 0.29) is 11.5 Å². The summed E-state index contributed by atoms with van der Waals surface area (Å²) in [6.07, 6.45) is 2.04. The predicted molar refractivity (Wildman–Crippen MR) is 146 cm³/mol. The standard InChI is InChI=1S/C28H27N9O2/c1-17-10-21(12-29)34-37(17)28-23(18(2)38)6-9-27(33-28)36-16-30-24-11-19(4-7-25(24)36)31-26-8-5-20(32-26)13-35-14-22(15-35)39-3/h4-11,16,22,31-32H,13-15H2,1-3H3. The number of benzene rings is 1. The van der Waals surface area contributed by atoms with Crippen LogP contribution >= 0.6 is 0 Å². The Morgan fingerprint density at radius 3 is 2.79 bits per heavy atom. The lowest BCUT2D eigenvalue weighted by Crippen LogP contribution is -2.50. The molecule has 11 nitrogen and oxygen atoms in total. The number of aromatic amines is 1. The van der Waals surface area contributed by atoms with Crippen LogP contribution in [0.5, 0.6) is 0 Å². The van der Waals surface area contributed by atoms with Crippen molar-refractivity contribution in [1.82, 2.24) is 34.2 Å². The quantitative estimate of drug-likeness (QED) is 0.294. The molecule has 0 spiro atoms. The van der Waals surface area contributed by atoms with E-state index in [1.807, 2.05) is 41.8 Å². The van der Waals surface area contributed by atoms with Crippen LogP contribution in [0, 0.1) is 18.3 Å². The van der Waals surface area contributed by atoms with Crippen molar-refractivity contribution in [1.29, 1.82) is 5.26 Å². The lowest BCUT2D eigenvalue weighted by atomic mass is 10.1. The second kappa shape index (κ2) is 9.83. The van der Waals surface area contributed by atoms with Gasteiger partial charge in [0.05, 0.1) is 22.7 Å². The van der Waals surface area contributed by atoms with Crippen LogP contribution in [-0.4, -0.2) is 66.3 Å². The second-order valence-corrected chi connectivity index (χ2v) is 9.68. The Balaban J connectivity index is 1.25. The zero-order chi connectivity index (χ0) is 27.1. The molecule has 1 aliphatic rings. The number of ether oxygens (including phenoxy) is 1. The number of pyridine rings is 1. The van der Waals surface area contributed by atoms with Gasteiger partial charge in [0.15, 0.2) is 17.3 Å². The molecule has 0 saturated carbocycles. The van der Waals surface area contributed by atoms with Gasteiger partial charge in [0.1, 0.15) is 24.0 Å². The van der Waals surface area contributed by atoms with Gasteiger partial charge in [0.2, 0.25) is 0 Å². The van der Waals surface area contributed by atoms with Crippen LogP contribution in [0.1, 0.15) is 34.4 Å². The van der Waals surface area contributed by atoms with E-state index in [0.29, 0.717) is 29.0 Å². The predicted octanol–water partition coefficient (Wildman–Crippen LogP) is 3.89. The van der Waals surface area contributed by atoms with Gasteiger partial charge in [-0.25, -0.2) is 14.6 Å². The number of aryl methyl sites for hydroxylation is 1. The monoisotopic (exact) mass is 521 g/mol. The van der Waals surface area contributed by atoms with Crippen LogP contribution in [0.3, 0.4) is 0 Å². The van der Waals surface area contributed by atoms with Crippen molar-refractivity contribution in [3.05, 3.63) is 77.5 Å². The third-order valence-corrected chi connectivity index (χ3v) is 6.91. The van der Waals surface area contributed by atoms with Gasteiger partial charge >= 0.3 is 0 Å². The molecule has 1 aliphatic heterocycles. The number of nitrogens with zero attached hydrogens (tertiary/aromatic N) is 7. The van der Waals surface area contributed by atoms with Gasteiger partial charge in [0.25, 0.3) is 0 Å². The molecule has 1 aromatic carbocycles. The van der Waals surface area contributed by atoms with Gasteiger partial charge in [-0.15, -0.1) is 0 Å². The number of likely N-dealkylation sites (tertiary alicyclic amines) is 1. The normalized spacial score (nSPS) is 13.9. The van der Waals surface area contributed by atoms with E-state index in [4.69, 9.17) is 9.72 Å². The summed E-state index contributed by atoms with van der Waals surface area (Å²) < 4.78 is 8.75. The summed E-state index contributed by atoms with van der Waals surface area (Å²) in [6, 6.07) is 17.3. The SMILES string of the molecule is COC1CN(Cc2ccc(Nc3ccc4c(c3)ncn4-c3ccc(C(C)=O)c(-n4nc(C#N)cc4C)n3)[nH]2)C1. The largest absolute Gasteiger partial charge is 0.379 e. The van der Waals surface area contributed by atoms with Gasteiger partial charge in [0, 0.05) is 43.8 Å². The van der Waals surface area contributed by atoms with E-state index in [2.05, 4.69) is 31.3 Å². The topological polar surface area (TPSA) is 130 Å². The zero-order valence-electron chi connectivity index (χ0n) is 21.8. The summed E-state index contributed by atoms with van der Waals surface area (Å²) in [7, 11) is 1.75. The number of fused-ring (bicyclic) bond motifs is 1. The molecule has 6 rings (SSSR count). The number of Topliss-reactive ketones (excluding diaryl/α,β-unsaturated/α-hetero) is 1. The molecular weight excluding hydrogens is 494 g/mol. The first-order chi connectivity index (χ1) is 18.9. The van der Waals surface area contributed by atoms with E-state index in [9.17, 15) is 10.1 Å². The summed E-state index contributed by atoms with van der Waals surface area (Å²) in [5.74, 6) is 1.73. The van der Waals surface area contributed by atoms with Crippen molar-refractivity contribution in [2.24, 2.45) is 0 Å². The summed E-state index contributed by atoms with van der Waals surface area (Å²) >= 11 is 0. The van der Waals surface area contributed by atoms with Crippen molar-refractivity contribution in [2.45, 2.75) is 26.5 Å². The van der Waals surface area contributed by atoms with Crippen molar-refractivity contribution in [3.8, 4) is 17.7 Å². The smallest absolute Gasteiger partial charge is 0.166 e. The van der Waals surface area contributed by atoms with Gasteiger partial charge in [-0.2, -0.15) is 10.4 Å². The number of H-pyrrole nitrogens is 1. The minimum Gasteiger partial charge on any atom is -0.379 e. The lowest BCUT2D eigenvalue weighted by Gasteiger charge is -2.37. The fraction of sp³-hybridized carbons (Fsp3) is 0.250. The molecule has 2 N–H and O–H groups in total. The minimum atomic E-state index is -0.139. The minimum absolute atomic E-state index is 0.139. The van der Waals surface area contributed by atoms with E-state index in [0.717, 1.165) is 47.9 Å². The van der Waals surface area contributed by atoms with Crippen molar-refractivity contribution < 1.29 is 9.53 Å². The molecule has 0 atom stereocenters. The number of ketones is 1. The number of hydrogen-bond donors (Lipinski definition) is 2. The molecule has 39 heavy (non-hydrogen) atoms. The number of hydrogen-bond acceptors (Lipinski definition) is 8. The number of nitriles is 1. The van der Waals surface area contributed by atoms with Crippen molar-refractivity contribution >= 4 is 28.3 Å². The van der Waals surface area contributed by atoms with Crippen LogP contribution in [0.25, 0.3) is 22.7 Å². The Morgan fingerprint density at radius 2 is 2.05 bits per heavy atom. The fourth-order valence-corrected chi connectivity index (χ4v) is 4.83. The number of nitrogens with one attached hydrogen (secondary N) is 2. The maximum Gasteiger partial charge on any atom is 0.166 e. The summed E-state index contributed by atoms with van der Waals surface area (Å²) in [5.41, 5.74) is 5.09. The summed E-state index contributed by atoms with van der Waals surface area (Å²) in [5, 5.41) is 17.0. The number of methoxy groups -OCH3 is 1. The highest BCUT2D eigenvalue weighted by Crippen LogP contribution is 2.25. The average molecular weight is 522 g/mol. The first-order valence-corrected chi connectivity index (χ1v) is 12.6. The van der Waals surface area contributed by atoms with Gasteiger partial charge in [-0.3, -0.25) is 14.3 Å². The van der Waals surface area contributed by atoms with Gasteiger partial charge < -0.3 is 15.0 Å². The third kappa shape index (κ3) is 4.67. The first kappa shape index (κ1) is 24.5. The molecule has 0 unspecified atom stereocenters. The Labute approximate surface area is 224 Å². The molecule has 0 bridgehead atoms. The first-order valence-electron chi connectivity index (χ1n) is 12.6. The van der Waals surface area contributed by atoms with Crippen LogP contribution in [0.2, 0.25) is 0 Å². The van der Waals surface area contributed by atoms with Crippen LogP contribution in [0.4, 0.5) is 11.5 Å². The number of aromatic nitrogens is 6. The molecule has 5 aromatic rings. The van der Waals surface area contributed by atoms with Gasteiger partial charge in [-0.1, -0.05) is 0 Å². The Morgan fingerprint density at radius 1 is 1.21 bits per heavy atom. The van der Waals surface area contributed by atoms with E-state index in [1.54, 1.807) is 31.6 Å². The van der Waals surface area contributed by atoms with Crippen LogP contribution in [-0.2, 0) is 11.3 Å². The fourth-order valence-electron chi connectivity index (χ4n) is 4.83. The number of carbonyl (C=O) groups excluding carboxylic acids is 1. The molecule has 0 aliphatic carbocycles. The van der Waals surface area contributed by atoms with E-state index in [1.165, 1.54) is 11.6 Å². The number of anilines is 2. The third-order valence-electron chi connectivity index (χ3n) is 6.91. The number of carbonyl (C=O) groups is 1. The van der Waals surface area contributed by atoms with Gasteiger partial charge in [-0.05, 0) is 62.4 Å². The lowest BCUT2D eigenvalue weighted by molar-refractivity contribution is -0.0338. The molecule has 0 amide bonds. The molecular formula is C28H27N9O2. The molecule has 1 fully saturated rings. The molecule has 1 saturated heterocycles. The molecule has 4 aromatic heterocycles. The summed E-state index contributed by atoms with van der Waals surface area (Å²) in [4.78, 5) is 27.5. The Bertz CT molecular complexity index is 1730. The van der Waals surface area contributed by atoms with Crippen molar-refractivity contribution in [3.63, 3.8) is 0 Å². The Kier molecular flexibility index (Phi) is 6.18. The number of imidazole rings is 1.